The molecule has 3 aliphatic heterocycles. The van der Waals surface area contributed by atoms with Crippen molar-refractivity contribution in [1.82, 2.24) is 9.97 Å². The number of carbonyl (C=O) groups excluding carboxylic acids is 2. The molecule has 0 radical (unpaired) electrons. The maximum atomic E-state index is 13.5. The number of aromatic nitrogens is 2. The zero-order chi connectivity index (χ0) is 35.3. The van der Waals surface area contributed by atoms with Gasteiger partial charge in [-0.3, -0.25) is 9.59 Å². The first-order chi connectivity index (χ1) is 23.4. The van der Waals surface area contributed by atoms with Gasteiger partial charge >= 0.3 is 35.0 Å². The van der Waals surface area contributed by atoms with E-state index < -0.39 is 24.0 Å². The number of hydrogen-bond donors (Lipinski definition) is 1. The van der Waals surface area contributed by atoms with Crippen molar-refractivity contribution < 1.29 is 24.2 Å². The molecule has 9 nitrogen and oxygen atoms in total. The fourth-order valence-corrected chi connectivity index (χ4v) is 8.14. The van der Waals surface area contributed by atoms with Crippen LogP contribution in [0.3, 0.4) is 0 Å². The van der Waals surface area contributed by atoms with E-state index in [0.29, 0.717) is 28.3 Å². The van der Waals surface area contributed by atoms with Gasteiger partial charge in [0.1, 0.15) is 12.5 Å². The van der Waals surface area contributed by atoms with E-state index in [-0.39, 0.29) is 59.8 Å². The minimum Gasteiger partial charge on any atom is -0.681 e. The van der Waals surface area contributed by atoms with Gasteiger partial charge in [0.25, 0.3) is 0 Å². The number of methoxy groups -OCH3 is 1. The Labute approximate surface area is 311 Å². The van der Waals surface area contributed by atoms with E-state index in [9.17, 15) is 14.7 Å². The second-order valence-corrected chi connectivity index (χ2v) is 14.1. The molecule has 0 aromatic carbocycles. The zero-order valence-electron chi connectivity index (χ0n) is 30.9. The van der Waals surface area contributed by atoms with Crippen molar-refractivity contribution in [3.05, 3.63) is 95.4 Å². The Kier molecular flexibility index (Phi) is 11.3. The number of nitrogens with zero attached hydrogens (tertiary/aromatic N) is 4. The molecule has 0 amide bonds. The van der Waals surface area contributed by atoms with E-state index in [4.69, 9.17) is 30.1 Å². The SMILES string of the molecule is CCc1c2[n-]c(c1C)/C=C1\[N-]C(=C(C)[C@H]1CC)/C=C1\[N-]C(C3=c4[n-]/c(c(C)c4[C@@H](O)[C@@H]3C(=O)OC)=C\2)[C@@H](CCC(=O)OCC=C(C)C)[C@@H]1C.[Mg+2]. The summed E-state index contributed by atoms with van der Waals surface area (Å²) in [7, 11) is 1.34. The summed E-state index contributed by atoms with van der Waals surface area (Å²) in [5, 5.41) is 23.6. The predicted octanol–water partition coefficient (Wildman–Crippen LogP) is 5.44. The van der Waals surface area contributed by atoms with Crippen molar-refractivity contribution in [3.63, 3.8) is 0 Å². The van der Waals surface area contributed by atoms with Gasteiger partial charge in [-0.1, -0.05) is 78.5 Å². The van der Waals surface area contributed by atoms with Gasteiger partial charge in [0.2, 0.25) is 0 Å². The van der Waals surface area contributed by atoms with E-state index in [1.165, 1.54) is 12.7 Å². The summed E-state index contributed by atoms with van der Waals surface area (Å²) in [5.74, 6) is -1.85. The number of allylic oxidation sites excluding steroid dienone is 4. The topological polar surface area (TPSA) is 129 Å². The third kappa shape index (κ3) is 6.55. The van der Waals surface area contributed by atoms with Crippen LogP contribution < -0.4 is 20.7 Å². The minimum atomic E-state index is -1.14. The van der Waals surface area contributed by atoms with Crippen molar-refractivity contribution in [2.45, 2.75) is 93.2 Å². The second-order valence-electron chi connectivity index (χ2n) is 14.1. The van der Waals surface area contributed by atoms with Gasteiger partial charge in [-0.2, -0.15) is 11.4 Å². The normalized spacial score (nSPS) is 27.6. The zero-order valence-corrected chi connectivity index (χ0v) is 32.3. The minimum absolute atomic E-state index is 0. The van der Waals surface area contributed by atoms with E-state index in [1.807, 2.05) is 32.9 Å². The van der Waals surface area contributed by atoms with Crippen molar-refractivity contribution in [1.29, 1.82) is 0 Å². The Bertz CT molecular complexity index is 1940. The average Bonchev–Trinajstić information content (AvgIpc) is 3.80. The van der Waals surface area contributed by atoms with Crippen LogP contribution >= 0.6 is 0 Å². The molecule has 1 saturated heterocycles. The maximum Gasteiger partial charge on any atom is 2.00 e. The second kappa shape index (κ2) is 15.0. The molecule has 6 rings (SSSR count). The number of esters is 2. The van der Waals surface area contributed by atoms with Crippen LogP contribution in [-0.2, 0) is 25.5 Å². The summed E-state index contributed by atoms with van der Waals surface area (Å²) in [6.07, 6.45) is 9.34. The number of aliphatic hydroxyl groups excluding tert-OH is 1. The van der Waals surface area contributed by atoms with Crippen LogP contribution in [0.15, 0.2) is 40.4 Å². The first-order valence-electron chi connectivity index (χ1n) is 17.6. The number of carbonyl (C=O) groups is 2. The van der Waals surface area contributed by atoms with Gasteiger partial charge in [0.15, 0.2) is 0 Å². The molecule has 1 fully saturated rings. The molecule has 2 aromatic heterocycles. The molecule has 0 saturated carbocycles. The number of fused-ring (bicyclic) bond motifs is 8. The largest absolute Gasteiger partial charge is 2.00 e. The van der Waals surface area contributed by atoms with E-state index in [1.54, 1.807) is 0 Å². The number of rotatable bonds is 8. The Morgan fingerprint density at radius 2 is 1.74 bits per heavy atom. The van der Waals surface area contributed by atoms with E-state index >= 15 is 0 Å². The first kappa shape index (κ1) is 37.8. The Morgan fingerprint density at radius 3 is 2.40 bits per heavy atom. The number of ether oxygens (including phenoxy) is 2. The number of aliphatic hydroxyl groups is 1. The van der Waals surface area contributed by atoms with Crippen LogP contribution in [-0.4, -0.2) is 59.9 Å². The van der Waals surface area contributed by atoms with Crippen LogP contribution in [0.4, 0.5) is 0 Å². The van der Waals surface area contributed by atoms with Gasteiger partial charge in [-0.25, -0.2) is 0 Å². The monoisotopic (exact) mass is 688 g/mol. The van der Waals surface area contributed by atoms with Gasteiger partial charge in [0, 0.05) is 6.42 Å². The van der Waals surface area contributed by atoms with Crippen LogP contribution in [0.5, 0.6) is 0 Å². The average molecular weight is 689 g/mol. The smallest absolute Gasteiger partial charge is 0.681 e. The summed E-state index contributed by atoms with van der Waals surface area (Å²) >= 11 is 0. The Balaban J connectivity index is 0.00000486. The van der Waals surface area contributed by atoms with Crippen LogP contribution in [0.2, 0.25) is 0 Å². The molecule has 262 valence electrons. The van der Waals surface area contributed by atoms with Crippen molar-refractivity contribution >= 4 is 52.7 Å². The fourth-order valence-electron chi connectivity index (χ4n) is 8.14. The summed E-state index contributed by atoms with van der Waals surface area (Å²) in [6.45, 7) is 16.8. The number of hydrogen-bond acceptors (Lipinski definition) is 5. The van der Waals surface area contributed by atoms with Crippen LogP contribution in [0.1, 0.15) is 101 Å². The van der Waals surface area contributed by atoms with Gasteiger partial charge in [-0.15, -0.1) is 27.8 Å². The van der Waals surface area contributed by atoms with Crippen LogP contribution in [0, 0.1) is 37.5 Å². The van der Waals surface area contributed by atoms with Crippen molar-refractivity contribution in [2.24, 2.45) is 23.7 Å². The van der Waals surface area contributed by atoms with Crippen molar-refractivity contribution in [3.8, 4) is 0 Å². The third-order valence-electron chi connectivity index (χ3n) is 11.0. The molecule has 2 aromatic rings. The van der Waals surface area contributed by atoms with Gasteiger partial charge in [0.05, 0.1) is 13.2 Å². The summed E-state index contributed by atoms with van der Waals surface area (Å²) in [4.78, 5) is 36.6. The Morgan fingerprint density at radius 1 is 1.00 bits per heavy atom. The molecular weight excluding hydrogens is 641 g/mol. The fraction of sp³-hybridized carbons (Fsp3) is 0.500. The Hall–Kier alpha value is -3.47. The molecular formula is C40H48MgN4O5-2. The molecule has 1 N–H and O–H groups in total. The maximum absolute atomic E-state index is 13.5. The van der Waals surface area contributed by atoms with E-state index in [0.717, 1.165) is 63.6 Å². The third-order valence-corrected chi connectivity index (χ3v) is 11.0. The van der Waals surface area contributed by atoms with Gasteiger partial charge < -0.3 is 35.2 Å². The molecule has 8 bridgehead atoms. The standard InChI is InChI=1S/C40H48N4O5.Mg/c1-10-24-20(5)27-16-29-22(7)26(12-13-33(45)49-15-14-19(3)4)37(43-29)35-36(40(47)48-9)39(46)34-23(8)30(44-38(34)35)18-32-25(11-2)21(6)28(42-32)17-31(24)41-27;/h14,16-18,22,24,26,36-37,39,46H,10-13,15H2,1-9H3;/q-4;+2/b29-16-,30-18-,31-17-;/t22-,24+,26-,36+,37?,39+;/m0./s1. The van der Waals surface area contributed by atoms with Crippen LogP contribution in [0.25, 0.3) is 28.4 Å². The molecule has 1 aliphatic carbocycles. The van der Waals surface area contributed by atoms with Gasteiger partial charge in [-0.05, 0) is 83.3 Å². The molecule has 6 atom stereocenters. The first-order valence-corrected chi connectivity index (χ1v) is 17.6. The molecule has 1 unspecified atom stereocenters. The summed E-state index contributed by atoms with van der Waals surface area (Å²) < 4.78 is 10.8. The quantitative estimate of drug-likeness (QED) is 0.222. The molecule has 0 spiro atoms. The summed E-state index contributed by atoms with van der Waals surface area (Å²) in [6, 6.07) is -0.515. The summed E-state index contributed by atoms with van der Waals surface area (Å²) in [5.41, 5.74) is 11.1. The molecule has 50 heavy (non-hydrogen) atoms. The predicted molar refractivity (Wildman–Crippen MR) is 196 cm³/mol. The van der Waals surface area contributed by atoms with Crippen molar-refractivity contribution in [2.75, 3.05) is 13.7 Å². The molecule has 4 aliphatic rings. The molecule has 5 heterocycles. The molecule has 10 heteroatoms. The van der Waals surface area contributed by atoms with E-state index in [2.05, 4.69) is 46.8 Å².